The lowest BCUT2D eigenvalue weighted by atomic mass is 10.1. The van der Waals surface area contributed by atoms with Gasteiger partial charge < -0.3 is 19.5 Å². The molecule has 0 fully saturated rings. The van der Waals surface area contributed by atoms with Crippen LogP contribution in [0.2, 0.25) is 0 Å². The summed E-state index contributed by atoms with van der Waals surface area (Å²) in [6.45, 7) is 3.54. The summed E-state index contributed by atoms with van der Waals surface area (Å²) in [6, 6.07) is 6.00. The van der Waals surface area contributed by atoms with Gasteiger partial charge >= 0.3 is 0 Å². The average Bonchev–Trinajstić information content (AvgIpc) is 2.98. The lowest BCUT2D eigenvalue weighted by molar-refractivity contribution is 0.174. The Bertz CT molecular complexity index is 549. The van der Waals surface area contributed by atoms with E-state index in [-0.39, 0.29) is 0 Å². The fraction of sp³-hybridized carbons (Fsp3) is 0.467. The van der Waals surface area contributed by atoms with Crippen molar-refractivity contribution in [3.05, 3.63) is 23.8 Å². The van der Waals surface area contributed by atoms with Gasteiger partial charge in [0, 0.05) is 19.4 Å². The van der Waals surface area contributed by atoms with Crippen LogP contribution in [0.25, 0.3) is 0 Å². The van der Waals surface area contributed by atoms with Crippen LogP contribution in [-0.2, 0) is 11.2 Å². The number of fused-ring (bicyclic) bond motifs is 1. The zero-order valence-electron chi connectivity index (χ0n) is 12.8. The molecule has 0 unspecified atom stereocenters. The summed E-state index contributed by atoms with van der Waals surface area (Å²) >= 11 is 5.10. The topological polar surface area (TPSA) is 64.1 Å². The molecular weight excluding hydrogens is 302 g/mol. The monoisotopic (exact) mass is 323 g/mol. The minimum absolute atomic E-state index is 0.302. The van der Waals surface area contributed by atoms with E-state index in [1.807, 2.05) is 25.1 Å². The maximum absolute atomic E-state index is 5.37. The molecule has 0 atom stereocenters. The summed E-state index contributed by atoms with van der Waals surface area (Å²) in [5.41, 5.74) is 5.00. The first-order valence-corrected chi connectivity index (χ1v) is 7.54. The molecule has 1 aliphatic rings. The van der Waals surface area contributed by atoms with E-state index < -0.39 is 0 Å². The van der Waals surface area contributed by atoms with Crippen molar-refractivity contribution < 1.29 is 14.2 Å². The van der Waals surface area contributed by atoms with E-state index in [4.69, 9.17) is 26.4 Å². The van der Waals surface area contributed by atoms with Crippen LogP contribution in [0, 0.1) is 0 Å². The quantitative estimate of drug-likeness (QED) is 0.345. The van der Waals surface area contributed by atoms with Crippen molar-refractivity contribution in [3.8, 4) is 11.5 Å². The fourth-order valence-electron chi connectivity index (χ4n) is 1.93. The highest BCUT2D eigenvalue weighted by Crippen LogP contribution is 2.32. The van der Waals surface area contributed by atoms with Crippen molar-refractivity contribution in [1.29, 1.82) is 0 Å². The Morgan fingerprint density at radius 1 is 1.36 bits per heavy atom. The van der Waals surface area contributed by atoms with Crippen LogP contribution in [0.5, 0.6) is 11.5 Å². The summed E-state index contributed by atoms with van der Waals surface area (Å²) < 4.78 is 15.6. The number of thiocarbonyl (C=S) groups is 1. The van der Waals surface area contributed by atoms with Crippen LogP contribution in [-0.4, -0.2) is 37.9 Å². The highest BCUT2D eigenvalue weighted by atomic mass is 32.1. The molecule has 6 nitrogen and oxygen atoms in total. The third-order valence-corrected chi connectivity index (χ3v) is 3.39. The van der Waals surface area contributed by atoms with E-state index >= 15 is 0 Å². The first kappa shape index (κ1) is 16.5. The minimum Gasteiger partial charge on any atom is -0.454 e. The molecule has 7 heteroatoms. The number of aryl methyl sites for hydroxylation is 1. The Morgan fingerprint density at radius 3 is 3.00 bits per heavy atom. The maximum Gasteiger partial charge on any atom is 0.231 e. The summed E-state index contributed by atoms with van der Waals surface area (Å²) in [5, 5.41) is 7.75. The van der Waals surface area contributed by atoms with Gasteiger partial charge in [-0.1, -0.05) is 6.07 Å². The minimum atomic E-state index is 0.302. The Hall–Kier alpha value is -1.86. The third-order valence-electron chi connectivity index (χ3n) is 3.15. The molecule has 0 aromatic heterocycles. The van der Waals surface area contributed by atoms with Crippen LogP contribution in [0.4, 0.5) is 0 Å². The summed E-state index contributed by atoms with van der Waals surface area (Å²) in [5.74, 6) is 1.62. The Morgan fingerprint density at radius 2 is 2.18 bits per heavy atom. The van der Waals surface area contributed by atoms with Gasteiger partial charge in [-0.2, -0.15) is 5.10 Å². The van der Waals surface area contributed by atoms with Crippen LogP contribution < -0.4 is 20.2 Å². The summed E-state index contributed by atoms with van der Waals surface area (Å²) in [7, 11) is 1.65. The number of hydrogen-bond acceptors (Lipinski definition) is 5. The van der Waals surface area contributed by atoms with Gasteiger partial charge in [0.1, 0.15) is 0 Å². The lowest BCUT2D eigenvalue weighted by Crippen LogP contribution is -2.34. The highest BCUT2D eigenvalue weighted by molar-refractivity contribution is 7.80. The normalized spacial score (nSPS) is 13.1. The summed E-state index contributed by atoms with van der Waals surface area (Å²) in [6.07, 6.45) is 1.73. The molecule has 1 heterocycles. The smallest absolute Gasteiger partial charge is 0.231 e. The van der Waals surface area contributed by atoms with Crippen molar-refractivity contribution >= 4 is 23.0 Å². The van der Waals surface area contributed by atoms with E-state index in [1.54, 1.807) is 7.11 Å². The second-order valence-electron chi connectivity index (χ2n) is 4.90. The zero-order valence-corrected chi connectivity index (χ0v) is 13.7. The zero-order chi connectivity index (χ0) is 15.8. The van der Waals surface area contributed by atoms with Gasteiger partial charge in [-0.25, -0.2) is 0 Å². The van der Waals surface area contributed by atoms with Crippen LogP contribution in [0.1, 0.15) is 18.9 Å². The number of nitrogens with zero attached hydrogens (tertiary/aromatic N) is 1. The second kappa shape index (κ2) is 8.55. The van der Waals surface area contributed by atoms with Gasteiger partial charge in [0.25, 0.3) is 0 Å². The van der Waals surface area contributed by atoms with Gasteiger partial charge in [-0.15, -0.1) is 0 Å². The molecule has 0 spiro atoms. The molecule has 22 heavy (non-hydrogen) atoms. The van der Waals surface area contributed by atoms with Gasteiger partial charge in [-0.05, 0) is 49.7 Å². The molecule has 0 aliphatic carbocycles. The Labute approximate surface area is 135 Å². The number of hydrazone groups is 1. The largest absolute Gasteiger partial charge is 0.454 e. The second-order valence-corrected chi connectivity index (χ2v) is 5.30. The fourth-order valence-corrected chi connectivity index (χ4v) is 2.08. The van der Waals surface area contributed by atoms with Gasteiger partial charge in [0.05, 0.1) is 6.61 Å². The molecular formula is C15H21N3O3S. The van der Waals surface area contributed by atoms with Gasteiger partial charge in [0.15, 0.2) is 16.6 Å². The van der Waals surface area contributed by atoms with Crippen molar-refractivity contribution in [3.63, 3.8) is 0 Å². The number of rotatable bonds is 7. The molecule has 0 amide bonds. The number of nitrogens with one attached hydrogen (secondary N) is 2. The predicted octanol–water partition coefficient (Wildman–Crippen LogP) is 1.83. The predicted molar refractivity (Wildman–Crippen MR) is 89.6 cm³/mol. The molecule has 2 N–H and O–H groups in total. The lowest BCUT2D eigenvalue weighted by Gasteiger charge is -2.07. The van der Waals surface area contributed by atoms with Crippen LogP contribution in [0.3, 0.4) is 0 Å². The van der Waals surface area contributed by atoms with E-state index in [9.17, 15) is 0 Å². The van der Waals surface area contributed by atoms with Crippen LogP contribution >= 0.6 is 12.2 Å². The SMILES string of the molecule is COCCNC(=S)N/N=C(/C)CCc1ccc2c(c1)OCO2. The van der Waals surface area contributed by atoms with Crippen molar-refractivity contribution in [2.24, 2.45) is 5.10 Å². The molecule has 1 aliphatic heterocycles. The Kier molecular flexibility index (Phi) is 6.42. The number of methoxy groups -OCH3 is 1. The maximum atomic E-state index is 5.37. The molecule has 0 saturated heterocycles. The first-order valence-electron chi connectivity index (χ1n) is 7.13. The van der Waals surface area contributed by atoms with Gasteiger partial charge in [-0.3, -0.25) is 5.43 Å². The number of benzene rings is 1. The number of ether oxygens (including phenoxy) is 3. The highest BCUT2D eigenvalue weighted by Gasteiger charge is 2.12. The average molecular weight is 323 g/mol. The molecule has 0 saturated carbocycles. The standard InChI is InChI=1S/C15H21N3O3S/c1-11(17-18-15(22)16-7-8-19-2)3-4-12-5-6-13-14(9-12)21-10-20-13/h5-6,9H,3-4,7-8,10H2,1-2H3,(H2,16,18,22)/b17-11-. The molecule has 0 bridgehead atoms. The van der Waals surface area contributed by atoms with E-state index in [0.29, 0.717) is 25.1 Å². The van der Waals surface area contributed by atoms with Crippen molar-refractivity contribution in [2.45, 2.75) is 19.8 Å². The van der Waals surface area contributed by atoms with E-state index in [1.165, 1.54) is 5.56 Å². The van der Waals surface area contributed by atoms with Crippen LogP contribution in [0.15, 0.2) is 23.3 Å². The molecule has 0 radical (unpaired) electrons. The molecule has 1 aromatic carbocycles. The number of hydrogen-bond donors (Lipinski definition) is 2. The van der Waals surface area contributed by atoms with E-state index in [2.05, 4.69) is 15.8 Å². The molecule has 1 aromatic rings. The van der Waals surface area contributed by atoms with E-state index in [0.717, 1.165) is 30.1 Å². The van der Waals surface area contributed by atoms with Gasteiger partial charge in [0.2, 0.25) is 6.79 Å². The molecule has 2 rings (SSSR count). The first-order chi connectivity index (χ1) is 10.7. The summed E-state index contributed by atoms with van der Waals surface area (Å²) in [4.78, 5) is 0. The Balaban J connectivity index is 1.73. The van der Waals surface area contributed by atoms with Crippen molar-refractivity contribution in [2.75, 3.05) is 27.1 Å². The third kappa shape index (κ3) is 5.16. The molecule has 120 valence electrons. The van der Waals surface area contributed by atoms with Crippen molar-refractivity contribution in [1.82, 2.24) is 10.7 Å².